The van der Waals surface area contributed by atoms with Gasteiger partial charge in [0, 0.05) is 17.5 Å². The minimum absolute atomic E-state index is 0.00567. The Hall–Kier alpha value is -1.01. The molecular weight excluding hydrogens is 296 g/mol. The Morgan fingerprint density at radius 1 is 1.29 bits per heavy atom. The van der Waals surface area contributed by atoms with Crippen molar-refractivity contribution in [2.24, 2.45) is 0 Å². The van der Waals surface area contributed by atoms with Gasteiger partial charge in [-0.1, -0.05) is 15.9 Å². The summed E-state index contributed by atoms with van der Waals surface area (Å²) in [5.74, 6) is -2.13. The topological polar surface area (TPSA) is 49.3 Å². The number of carbonyl (C=O) groups excluding carboxylic acids is 1. The Morgan fingerprint density at radius 2 is 1.88 bits per heavy atom. The summed E-state index contributed by atoms with van der Waals surface area (Å²) >= 11 is 2.94. The Balaban J connectivity index is 2.65. The lowest BCUT2D eigenvalue weighted by Crippen LogP contribution is -2.14. The average Bonchev–Trinajstić information content (AvgIpc) is 2.24. The molecule has 1 amide bonds. The van der Waals surface area contributed by atoms with Crippen LogP contribution >= 0.6 is 15.9 Å². The normalized spacial score (nSPS) is 10.4. The van der Waals surface area contributed by atoms with Crippen molar-refractivity contribution >= 4 is 27.5 Å². The van der Waals surface area contributed by atoms with Crippen molar-refractivity contribution in [3.63, 3.8) is 0 Å². The predicted octanol–water partition coefficient (Wildman–Crippen LogP) is 2.83. The lowest BCUT2D eigenvalue weighted by molar-refractivity contribution is -0.116. The summed E-state index contributed by atoms with van der Waals surface area (Å²) in [6, 6.07) is 2.15. The molecule has 17 heavy (non-hydrogen) atoms. The number of halogens is 3. The fourth-order valence-electron chi connectivity index (χ4n) is 1.26. The molecule has 0 aromatic heterocycles. The average molecular weight is 308 g/mol. The molecule has 0 fully saturated rings. The summed E-state index contributed by atoms with van der Waals surface area (Å²) in [4.78, 5) is 11.3. The van der Waals surface area contributed by atoms with Crippen LogP contribution in [0.2, 0.25) is 0 Å². The van der Waals surface area contributed by atoms with Gasteiger partial charge in [0.2, 0.25) is 5.91 Å². The molecule has 6 heteroatoms. The summed E-state index contributed by atoms with van der Waals surface area (Å²) in [5, 5.41) is 10.7. The van der Waals surface area contributed by atoms with Gasteiger partial charge in [-0.05, 0) is 25.0 Å². The van der Waals surface area contributed by atoms with Crippen molar-refractivity contribution in [3.8, 4) is 0 Å². The van der Waals surface area contributed by atoms with Crippen LogP contribution in [-0.2, 0) is 4.79 Å². The summed E-state index contributed by atoms with van der Waals surface area (Å²) < 4.78 is 26.9. The molecule has 0 unspecified atom stereocenters. The van der Waals surface area contributed by atoms with E-state index in [1.54, 1.807) is 0 Å². The van der Waals surface area contributed by atoms with E-state index in [1.165, 1.54) is 0 Å². The van der Waals surface area contributed by atoms with Gasteiger partial charge in [0.15, 0.2) is 11.6 Å². The molecule has 0 radical (unpaired) electrons. The highest BCUT2D eigenvalue weighted by atomic mass is 79.9. The van der Waals surface area contributed by atoms with Crippen LogP contribution in [0.3, 0.4) is 0 Å². The first-order valence-electron chi connectivity index (χ1n) is 5.10. The van der Waals surface area contributed by atoms with E-state index in [0.29, 0.717) is 12.8 Å². The van der Waals surface area contributed by atoms with Crippen LogP contribution in [0, 0.1) is 11.6 Å². The van der Waals surface area contributed by atoms with Gasteiger partial charge < -0.3 is 10.4 Å². The molecule has 94 valence electrons. The van der Waals surface area contributed by atoms with E-state index in [9.17, 15) is 13.6 Å². The molecule has 0 saturated carbocycles. The zero-order valence-corrected chi connectivity index (χ0v) is 10.6. The van der Waals surface area contributed by atoms with Crippen LogP contribution in [0.1, 0.15) is 19.3 Å². The largest absolute Gasteiger partial charge is 0.396 e. The number of hydrogen-bond acceptors (Lipinski definition) is 2. The monoisotopic (exact) mass is 307 g/mol. The van der Waals surface area contributed by atoms with Gasteiger partial charge in [0.25, 0.3) is 0 Å². The molecule has 2 N–H and O–H groups in total. The first kappa shape index (κ1) is 14.1. The fourth-order valence-corrected chi connectivity index (χ4v) is 1.66. The predicted molar refractivity (Wildman–Crippen MR) is 63.6 cm³/mol. The number of nitrogens with one attached hydrogen (secondary N) is 1. The fraction of sp³-hybridized carbons (Fsp3) is 0.364. The van der Waals surface area contributed by atoms with Crippen LogP contribution in [0.5, 0.6) is 0 Å². The second kappa shape index (κ2) is 6.66. The van der Waals surface area contributed by atoms with Crippen LogP contribution in [-0.4, -0.2) is 17.6 Å². The number of benzene rings is 1. The number of hydrogen-bond donors (Lipinski definition) is 2. The molecule has 0 bridgehead atoms. The number of aliphatic hydroxyl groups excluding tert-OH is 1. The minimum Gasteiger partial charge on any atom is -0.396 e. The van der Waals surface area contributed by atoms with Gasteiger partial charge in [-0.15, -0.1) is 0 Å². The maximum atomic E-state index is 13.3. The number of carbonyl (C=O) groups is 1. The Kier molecular flexibility index (Phi) is 5.50. The second-order valence-electron chi connectivity index (χ2n) is 3.47. The van der Waals surface area contributed by atoms with E-state index < -0.39 is 23.2 Å². The van der Waals surface area contributed by atoms with Crippen molar-refractivity contribution in [3.05, 3.63) is 28.2 Å². The lowest BCUT2D eigenvalue weighted by atomic mass is 10.2. The van der Waals surface area contributed by atoms with Crippen molar-refractivity contribution in [2.75, 3.05) is 11.9 Å². The van der Waals surface area contributed by atoms with Gasteiger partial charge in [0.05, 0.1) is 0 Å². The van der Waals surface area contributed by atoms with E-state index >= 15 is 0 Å². The molecule has 3 nitrogen and oxygen atoms in total. The molecular formula is C11H12BrF2NO2. The second-order valence-corrected chi connectivity index (χ2v) is 4.39. The quantitative estimate of drug-likeness (QED) is 0.822. The van der Waals surface area contributed by atoms with E-state index in [0.717, 1.165) is 12.1 Å². The molecule has 1 rings (SSSR count). The van der Waals surface area contributed by atoms with E-state index in [1.807, 2.05) is 0 Å². The Morgan fingerprint density at radius 3 is 2.41 bits per heavy atom. The van der Waals surface area contributed by atoms with Crippen molar-refractivity contribution in [2.45, 2.75) is 19.3 Å². The third-order valence-electron chi connectivity index (χ3n) is 2.08. The summed E-state index contributed by atoms with van der Waals surface area (Å²) in [5.41, 5.74) is -0.442. The molecule has 0 heterocycles. The molecule has 0 spiro atoms. The van der Waals surface area contributed by atoms with Crippen LogP contribution in [0.25, 0.3) is 0 Å². The number of anilines is 1. The van der Waals surface area contributed by atoms with E-state index in [4.69, 9.17) is 5.11 Å². The highest BCUT2D eigenvalue weighted by molar-refractivity contribution is 9.10. The summed E-state index contributed by atoms with van der Waals surface area (Å²) in [7, 11) is 0. The molecule has 0 atom stereocenters. The van der Waals surface area contributed by atoms with Crippen LogP contribution in [0.15, 0.2) is 16.6 Å². The van der Waals surface area contributed by atoms with E-state index in [-0.39, 0.29) is 17.5 Å². The van der Waals surface area contributed by atoms with Gasteiger partial charge in [0.1, 0.15) is 5.69 Å². The highest BCUT2D eigenvalue weighted by Crippen LogP contribution is 2.23. The highest BCUT2D eigenvalue weighted by Gasteiger charge is 2.13. The molecule has 0 saturated heterocycles. The van der Waals surface area contributed by atoms with Crippen molar-refractivity contribution in [1.29, 1.82) is 0 Å². The number of aliphatic hydroxyl groups is 1. The number of rotatable bonds is 5. The van der Waals surface area contributed by atoms with Crippen molar-refractivity contribution < 1.29 is 18.7 Å². The maximum absolute atomic E-state index is 13.3. The van der Waals surface area contributed by atoms with E-state index in [2.05, 4.69) is 21.2 Å². The van der Waals surface area contributed by atoms with Crippen LogP contribution < -0.4 is 5.32 Å². The maximum Gasteiger partial charge on any atom is 0.224 e. The SMILES string of the molecule is O=C(CCCCO)Nc1c(F)cc(Br)cc1F. The van der Waals surface area contributed by atoms with Gasteiger partial charge in [-0.2, -0.15) is 0 Å². The molecule has 1 aromatic rings. The lowest BCUT2D eigenvalue weighted by Gasteiger charge is -2.07. The standard InChI is InChI=1S/C11H12BrF2NO2/c12-7-5-8(13)11(9(14)6-7)15-10(17)3-1-2-4-16/h5-6,16H,1-4H2,(H,15,17). The smallest absolute Gasteiger partial charge is 0.224 e. The third-order valence-corrected chi connectivity index (χ3v) is 2.54. The first-order valence-corrected chi connectivity index (χ1v) is 5.89. The van der Waals surface area contributed by atoms with Crippen LogP contribution in [0.4, 0.5) is 14.5 Å². The summed E-state index contributed by atoms with van der Waals surface area (Å²) in [6.07, 6.45) is 1.08. The molecule has 1 aromatic carbocycles. The van der Waals surface area contributed by atoms with Gasteiger partial charge in [-0.3, -0.25) is 4.79 Å². The Bertz CT molecular complexity index is 389. The zero-order chi connectivity index (χ0) is 12.8. The van der Waals surface area contributed by atoms with Gasteiger partial charge in [-0.25, -0.2) is 8.78 Å². The van der Waals surface area contributed by atoms with Crippen molar-refractivity contribution in [1.82, 2.24) is 0 Å². The first-order chi connectivity index (χ1) is 8.04. The Labute approximate surface area is 106 Å². The molecule has 0 aliphatic rings. The number of unbranched alkanes of at least 4 members (excludes halogenated alkanes) is 1. The van der Waals surface area contributed by atoms with Gasteiger partial charge >= 0.3 is 0 Å². The molecule has 0 aliphatic heterocycles. The third kappa shape index (κ3) is 4.40. The summed E-state index contributed by atoms with van der Waals surface area (Å²) in [6.45, 7) is -0.00567. The number of amides is 1. The zero-order valence-electron chi connectivity index (χ0n) is 8.97. The minimum atomic E-state index is -0.826. The molecule has 0 aliphatic carbocycles.